The minimum Gasteiger partial charge on any atom is -0.496 e. The molecular formula is C19H26N2O3S2. The van der Waals surface area contributed by atoms with Gasteiger partial charge in [-0.25, -0.2) is 0 Å². The summed E-state index contributed by atoms with van der Waals surface area (Å²) < 4.78 is 35.4. The molecule has 1 atom stereocenters. The van der Waals surface area contributed by atoms with Crippen molar-refractivity contribution in [2.45, 2.75) is 32.9 Å². The summed E-state index contributed by atoms with van der Waals surface area (Å²) in [6, 6.07) is 11.5. The zero-order chi connectivity index (χ0) is 18.6. The molecule has 5 nitrogen and oxygen atoms in total. The van der Waals surface area contributed by atoms with Crippen molar-refractivity contribution in [3.63, 3.8) is 0 Å². The van der Waals surface area contributed by atoms with Crippen molar-refractivity contribution in [1.82, 2.24) is 8.61 Å². The zero-order valence-corrected chi connectivity index (χ0v) is 16.9. The van der Waals surface area contributed by atoms with E-state index in [4.69, 9.17) is 4.74 Å². The van der Waals surface area contributed by atoms with E-state index >= 15 is 0 Å². The van der Waals surface area contributed by atoms with Gasteiger partial charge in [-0.3, -0.25) is 0 Å². The van der Waals surface area contributed by atoms with Gasteiger partial charge in [-0.05, 0) is 36.3 Å². The van der Waals surface area contributed by atoms with E-state index in [9.17, 15) is 8.42 Å². The number of nitrogens with zero attached hydrogens (tertiary/aromatic N) is 2. The lowest BCUT2D eigenvalue weighted by molar-refractivity contribution is 0.253. The third-order valence-corrected chi connectivity index (χ3v) is 7.48. The van der Waals surface area contributed by atoms with Gasteiger partial charge in [0.05, 0.1) is 7.11 Å². The number of benzene rings is 1. The maximum atomic E-state index is 13.4. The number of rotatable bonds is 7. The molecule has 1 fully saturated rings. The van der Waals surface area contributed by atoms with Crippen LogP contribution in [0, 0.1) is 5.92 Å². The molecular weight excluding hydrogens is 368 g/mol. The summed E-state index contributed by atoms with van der Waals surface area (Å²) in [5.74, 6) is 1.11. The maximum Gasteiger partial charge on any atom is 0.282 e. The Balaban J connectivity index is 1.89. The highest BCUT2D eigenvalue weighted by molar-refractivity contribution is 7.86. The Labute approximate surface area is 160 Å². The summed E-state index contributed by atoms with van der Waals surface area (Å²) in [6.07, 6.45) is 2.01. The number of piperidine rings is 1. The van der Waals surface area contributed by atoms with Gasteiger partial charge in [-0.1, -0.05) is 31.2 Å². The van der Waals surface area contributed by atoms with E-state index in [-0.39, 0.29) is 0 Å². The van der Waals surface area contributed by atoms with Gasteiger partial charge in [0.25, 0.3) is 10.2 Å². The predicted molar refractivity (Wildman–Crippen MR) is 105 cm³/mol. The third-order valence-electron chi connectivity index (χ3n) is 4.72. The van der Waals surface area contributed by atoms with Gasteiger partial charge in [0, 0.05) is 36.6 Å². The molecule has 0 radical (unpaired) electrons. The molecule has 0 bridgehead atoms. The van der Waals surface area contributed by atoms with Gasteiger partial charge in [0.1, 0.15) is 5.75 Å². The molecule has 0 amide bonds. The Morgan fingerprint density at radius 2 is 2.04 bits per heavy atom. The second-order valence-corrected chi connectivity index (χ2v) is 9.73. The molecule has 7 heteroatoms. The van der Waals surface area contributed by atoms with Crippen LogP contribution in [0.2, 0.25) is 0 Å². The van der Waals surface area contributed by atoms with Crippen molar-refractivity contribution in [1.29, 1.82) is 0 Å². The van der Waals surface area contributed by atoms with E-state index in [0.29, 0.717) is 37.8 Å². The molecule has 0 N–H and O–H groups in total. The molecule has 3 rings (SSSR count). The summed E-state index contributed by atoms with van der Waals surface area (Å²) in [7, 11) is -1.92. The predicted octanol–water partition coefficient (Wildman–Crippen LogP) is 3.74. The van der Waals surface area contributed by atoms with E-state index in [1.807, 2.05) is 41.8 Å². The summed E-state index contributed by atoms with van der Waals surface area (Å²) >= 11 is 1.58. The van der Waals surface area contributed by atoms with Crippen molar-refractivity contribution in [2.75, 3.05) is 20.2 Å². The van der Waals surface area contributed by atoms with Gasteiger partial charge in [0.15, 0.2) is 0 Å². The molecule has 2 heterocycles. The minimum absolute atomic E-state index is 0.301. The Bertz CT molecular complexity index is 806. The highest BCUT2D eigenvalue weighted by atomic mass is 32.2. The first-order chi connectivity index (χ1) is 12.5. The number of thiophene rings is 1. The highest BCUT2D eigenvalue weighted by Crippen LogP contribution is 2.27. The van der Waals surface area contributed by atoms with Gasteiger partial charge in [-0.2, -0.15) is 17.0 Å². The van der Waals surface area contributed by atoms with Crippen LogP contribution < -0.4 is 4.74 Å². The van der Waals surface area contributed by atoms with Crippen molar-refractivity contribution in [3.8, 4) is 5.75 Å². The fourth-order valence-electron chi connectivity index (χ4n) is 3.34. The number of para-hydroxylation sites is 1. The van der Waals surface area contributed by atoms with Crippen molar-refractivity contribution in [2.24, 2.45) is 5.92 Å². The van der Waals surface area contributed by atoms with Gasteiger partial charge < -0.3 is 4.74 Å². The largest absolute Gasteiger partial charge is 0.496 e. The lowest BCUT2D eigenvalue weighted by Crippen LogP contribution is -2.47. The van der Waals surface area contributed by atoms with Crippen molar-refractivity contribution in [3.05, 3.63) is 52.2 Å². The van der Waals surface area contributed by atoms with Crippen LogP contribution in [-0.4, -0.2) is 37.2 Å². The van der Waals surface area contributed by atoms with Crippen LogP contribution >= 0.6 is 11.3 Å². The second-order valence-electron chi connectivity index (χ2n) is 6.77. The van der Waals surface area contributed by atoms with E-state index in [1.165, 1.54) is 0 Å². The number of methoxy groups -OCH3 is 1. The van der Waals surface area contributed by atoms with Crippen LogP contribution in [0.25, 0.3) is 0 Å². The van der Waals surface area contributed by atoms with E-state index in [2.05, 4.69) is 6.92 Å². The Hall–Kier alpha value is -1.41. The molecule has 1 aromatic heterocycles. The lowest BCUT2D eigenvalue weighted by Gasteiger charge is -2.34. The van der Waals surface area contributed by atoms with Crippen LogP contribution in [0.1, 0.15) is 30.2 Å². The SMILES string of the molecule is COc1ccccc1CN(Cc1cccs1)S(=O)(=O)N1CCCC(C)C1. The molecule has 0 saturated carbocycles. The third kappa shape index (κ3) is 4.46. The topological polar surface area (TPSA) is 49.9 Å². The molecule has 0 spiro atoms. The first kappa shape index (κ1) is 19.4. The Morgan fingerprint density at radius 1 is 1.23 bits per heavy atom. The summed E-state index contributed by atoms with van der Waals surface area (Å²) in [5.41, 5.74) is 0.875. The molecule has 1 aliphatic heterocycles. The van der Waals surface area contributed by atoms with E-state index < -0.39 is 10.2 Å². The smallest absolute Gasteiger partial charge is 0.282 e. The number of hydrogen-bond donors (Lipinski definition) is 0. The first-order valence-corrected chi connectivity index (χ1v) is 11.2. The minimum atomic E-state index is -3.54. The van der Waals surface area contributed by atoms with Gasteiger partial charge in [0.2, 0.25) is 0 Å². The van der Waals surface area contributed by atoms with Crippen LogP contribution in [0.3, 0.4) is 0 Å². The van der Waals surface area contributed by atoms with Crippen molar-refractivity contribution >= 4 is 21.5 Å². The fourth-order valence-corrected chi connectivity index (χ4v) is 5.87. The average Bonchev–Trinajstić information content (AvgIpc) is 3.15. The number of hydrogen-bond acceptors (Lipinski definition) is 4. The molecule has 1 aliphatic rings. The average molecular weight is 395 g/mol. The lowest BCUT2D eigenvalue weighted by atomic mass is 10.0. The van der Waals surface area contributed by atoms with Crippen LogP contribution in [-0.2, 0) is 23.3 Å². The van der Waals surface area contributed by atoms with Crippen LogP contribution in [0.5, 0.6) is 5.75 Å². The first-order valence-electron chi connectivity index (χ1n) is 8.90. The standard InChI is InChI=1S/C19H26N2O3S2/c1-16-7-5-11-20(13-16)26(22,23)21(15-18-9-6-12-25-18)14-17-8-3-4-10-19(17)24-2/h3-4,6,8-10,12,16H,5,7,11,13-15H2,1-2H3. The fraction of sp³-hybridized carbons (Fsp3) is 0.474. The number of ether oxygens (including phenoxy) is 1. The molecule has 26 heavy (non-hydrogen) atoms. The Morgan fingerprint density at radius 3 is 2.73 bits per heavy atom. The van der Waals surface area contributed by atoms with Crippen LogP contribution in [0.4, 0.5) is 0 Å². The van der Waals surface area contributed by atoms with Gasteiger partial charge >= 0.3 is 0 Å². The normalized spacial score (nSPS) is 19.0. The molecule has 1 aromatic carbocycles. The van der Waals surface area contributed by atoms with Crippen LogP contribution in [0.15, 0.2) is 41.8 Å². The summed E-state index contributed by atoms with van der Waals surface area (Å²) in [4.78, 5) is 1.04. The molecule has 142 valence electrons. The molecule has 2 aromatic rings. The van der Waals surface area contributed by atoms with Gasteiger partial charge in [-0.15, -0.1) is 11.3 Å². The quantitative estimate of drug-likeness (QED) is 0.719. The summed E-state index contributed by atoms with van der Waals surface area (Å²) in [5, 5.41) is 1.98. The maximum absolute atomic E-state index is 13.4. The molecule has 1 saturated heterocycles. The van der Waals surface area contributed by atoms with Crippen molar-refractivity contribution < 1.29 is 13.2 Å². The van der Waals surface area contributed by atoms with E-state index in [1.54, 1.807) is 27.1 Å². The zero-order valence-electron chi connectivity index (χ0n) is 15.3. The monoisotopic (exact) mass is 394 g/mol. The second kappa shape index (κ2) is 8.52. The molecule has 1 unspecified atom stereocenters. The van der Waals surface area contributed by atoms with E-state index in [0.717, 1.165) is 23.3 Å². The Kier molecular flexibility index (Phi) is 6.34. The summed E-state index contributed by atoms with van der Waals surface area (Å²) in [6.45, 7) is 3.98. The highest BCUT2D eigenvalue weighted by Gasteiger charge is 2.33. The molecule has 0 aliphatic carbocycles.